The van der Waals surface area contributed by atoms with Gasteiger partial charge in [-0.05, 0) is 24.5 Å². The van der Waals surface area contributed by atoms with Gasteiger partial charge in [-0.25, -0.2) is 0 Å². The van der Waals surface area contributed by atoms with E-state index in [9.17, 15) is 0 Å². The summed E-state index contributed by atoms with van der Waals surface area (Å²) in [6, 6.07) is 4.75. The second-order valence-corrected chi connectivity index (χ2v) is 3.58. The number of aromatic nitrogens is 1. The summed E-state index contributed by atoms with van der Waals surface area (Å²) >= 11 is 0. The molecule has 1 atom stereocenters. The fraction of sp³-hybridized carbons (Fsp3) is 0.500. The van der Waals surface area contributed by atoms with Crippen LogP contribution in [0.2, 0.25) is 0 Å². The lowest BCUT2D eigenvalue weighted by atomic mass is 10.1. The third-order valence-electron chi connectivity index (χ3n) is 2.32. The highest BCUT2D eigenvalue weighted by Gasteiger charge is 2.21. The number of rotatable bonds is 4. The van der Waals surface area contributed by atoms with E-state index in [0.29, 0.717) is 0 Å². The second-order valence-electron chi connectivity index (χ2n) is 3.58. The first kappa shape index (κ1) is 8.66. The Kier molecular flexibility index (Phi) is 2.57. The van der Waals surface area contributed by atoms with E-state index >= 15 is 0 Å². The van der Waals surface area contributed by atoms with Crippen molar-refractivity contribution in [3.63, 3.8) is 0 Å². The monoisotopic (exact) mass is 177 g/mol. The second kappa shape index (κ2) is 3.85. The van der Waals surface area contributed by atoms with Crippen LogP contribution in [0.3, 0.4) is 0 Å². The molecule has 0 bridgehead atoms. The molecule has 1 heterocycles. The van der Waals surface area contributed by atoms with E-state index in [4.69, 9.17) is 5.73 Å². The quantitative estimate of drug-likeness (QED) is 0.716. The molecule has 2 rings (SSSR count). The molecule has 0 amide bonds. The highest BCUT2D eigenvalue weighted by Crippen LogP contribution is 2.19. The Bertz CT molecular complexity index is 256. The topological polar surface area (TPSA) is 50.9 Å². The molecule has 1 aromatic heterocycles. The number of nitrogens with zero attached hydrogens (tertiary/aromatic N) is 1. The van der Waals surface area contributed by atoms with Gasteiger partial charge in [0.15, 0.2) is 0 Å². The van der Waals surface area contributed by atoms with Gasteiger partial charge >= 0.3 is 0 Å². The summed E-state index contributed by atoms with van der Waals surface area (Å²) in [6.45, 7) is 0.857. The van der Waals surface area contributed by atoms with Crippen molar-refractivity contribution < 1.29 is 0 Å². The Morgan fingerprint density at radius 1 is 1.62 bits per heavy atom. The maximum atomic E-state index is 5.97. The smallest absolute Gasteiger partial charge is 0.0437 e. The fourth-order valence-corrected chi connectivity index (χ4v) is 1.29. The van der Waals surface area contributed by atoms with Crippen molar-refractivity contribution in [2.45, 2.75) is 24.9 Å². The molecule has 0 aromatic carbocycles. The molecule has 1 fully saturated rings. The zero-order valence-electron chi connectivity index (χ0n) is 7.61. The zero-order chi connectivity index (χ0) is 9.10. The van der Waals surface area contributed by atoms with Crippen LogP contribution in [0.25, 0.3) is 0 Å². The molecule has 13 heavy (non-hydrogen) atoms. The van der Waals surface area contributed by atoms with Gasteiger partial charge in [0.05, 0.1) is 0 Å². The van der Waals surface area contributed by atoms with Crippen LogP contribution in [0.1, 0.15) is 24.4 Å². The summed E-state index contributed by atoms with van der Waals surface area (Å²) in [5, 5.41) is 3.40. The summed E-state index contributed by atoms with van der Waals surface area (Å²) in [7, 11) is 0. The maximum Gasteiger partial charge on any atom is 0.0437 e. The average Bonchev–Trinajstić information content (AvgIpc) is 2.99. The van der Waals surface area contributed by atoms with Crippen molar-refractivity contribution in [3.05, 3.63) is 30.1 Å². The van der Waals surface area contributed by atoms with Crippen molar-refractivity contribution in [2.24, 2.45) is 5.73 Å². The number of hydrogen-bond donors (Lipinski definition) is 2. The molecule has 1 aliphatic carbocycles. The summed E-state index contributed by atoms with van der Waals surface area (Å²) in [6.07, 6.45) is 6.21. The van der Waals surface area contributed by atoms with E-state index in [2.05, 4.69) is 10.3 Å². The van der Waals surface area contributed by atoms with E-state index in [1.165, 1.54) is 12.8 Å². The molecule has 0 radical (unpaired) electrons. The van der Waals surface area contributed by atoms with Crippen molar-refractivity contribution >= 4 is 0 Å². The predicted molar refractivity (Wildman–Crippen MR) is 52.2 cm³/mol. The van der Waals surface area contributed by atoms with Gasteiger partial charge in [0.25, 0.3) is 0 Å². The molecule has 3 N–H and O–H groups in total. The Morgan fingerprint density at radius 2 is 2.46 bits per heavy atom. The summed E-state index contributed by atoms with van der Waals surface area (Å²) < 4.78 is 0. The zero-order valence-corrected chi connectivity index (χ0v) is 7.61. The Morgan fingerprint density at radius 3 is 3.08 bits per heavy atom. The van der Waals surface area contributed by atoms with E-state index < -0.39 is 0 Å². The van der Waals surface area contributed by atoms with E-state index in [1.807, 2.05) is 18.3 Å². The van der Waals surface area contributed by atoms with E-state index in [0.717, 1.165) is 18.2 Å². The minimum atomic E-state index is 0.0781. The van der Waals surface area contributed by atoms with Crippen LogP contribution < -0.4 is 11.1 Å². The molecule has 1 aromatic rings. The van der Waals surface area contributed by atoms with Crippen molar-refractivity contribution in [1.29, 1.82) is 0 Å². The van der Waals surface area contributed by atoms with Crippen LogP contribution >= 0.6 is 0 Å². The van der Waals surface area contributed by atoms with E-state index in [1.54, 1.807) is 6.20 Å². The standard InChI is InChI=1S/C10H15N3/c11-10(7-13-9-3-4-9)8-2-1-5-12-6-8/h1-2,5-6,9-10,13H,3-4,7,11H2. The van der Waals surface area contributed by atoms with Gasteiger partial charge in [0, 0.05) is 31.0 Å². The van der Waals surface area contributed by atoms with Gasteiger partial charge in [-0.1, -0.05) is 6.07 Å². The Balaban J connectivity index is 1.85. The molecule has 70 valence electrons. The van der Waals surface area contributed by atoms with Crippen LogP contribution in [0.4, 0.5) is 0 Å². The molecule has 0 saturated heterocycles. The SMILES string of the molecule is NC(CNC1CC1)c1cccnc1. The lowest BCUT2D eigenvalue weighted by Gasteiger charge is -2.11. The Hall–Kier alpha value is -0.930. The summed E-state index contributed by atoms with van der Waals surface area (Å²) in [5.74, 6) is 0. The summed E-state index contributed by atoms with van der Waals surface area (Å²) in [4.78, 5) is 4.04. The van der Waals surface area contributed by atoms with Crippen LogP contribution in [0.5, 0.6) is 0 Å². The average molecular weight is 177 g/mol. The van der Waals surface area contributed by atoms with Crippen molar-refractivity contribution in [3.8, 4) is 0 Å². The van der Waals surface area contributed by atoms with Crippen molar-refractivity contribution in [2.75, 3.05) is 6.54 Å². The number of nitrogens with two attached hydrogens (primary N) is 1. The highest BCUT2D eigenvalue weighted by atomic mass is 15.0. The minimum absolute atomic E-state index is 0.0781. The third kappa shape index (κ3) is 2.50. The first-order valence-electron chi connectivity index (χ1n) is 4.75. The molecule has 1 aliphatic rings. The number of hydrogen-bond acceptors (Lipinski definition) is 3. The summed E-state index contributed by atoms with van der Waals surface area (Å²) in [5.41, 5.74) is 7.08. The van der Waals surface area contributed by atoms with Crippen LogP contribution in [0, 0.1) is 0 Å². The largest absolute Gasteiger partial charge is 0.323 e. The molecule has 1 saturated carbocycles. The molecule has 0 aliphatic heterocycles. The first-order chi connectivity index (χ1) is 6.36. The molecular formula is C10H15N3. The fourth-order valence-electron chi connectivity index (χ4n) is 1.29. The van der Waals surface area contributed by atoms with Gasteiger partial charge in [-0.3, -0.25) is 4.98 Å². The third-order valence-corrected chi connectivity index (χ3v) is 2.32. The maximum absolute atomic E-state index is 5.97. The van der Waals surface area contributed by atoms with Crippen LogP contribution in [-0.2, 0) is 0 Å². The van der Waals surface area contributed by atoms with Crippen molar-refractivity contribution in [1.82, 2.24) is 10.3 Å². The number of nitrogens with one attached hydrogen (secondary N) is 1. The number of pyridine rings is 1. The molecular weight excluding hydrogens is 162 g/mol. The van der Waals surface area contributed by atoms with E-state index in [-0.39, 0.29) is 6.04 Å². The Labute approximate surface area is 78.4 Å². The first-order valence-corrected chi connectivity index (χ1v) is 4.75. The molecule has 3 heteroatoms. The normalized spacial score (nSPS) is 18.5. The van der Waals surface area contributed by atoms with Gasteiger partial charge in [-0.2, -0.15) is 0 Å². The van der Waals surface area contributed by atoms with Crippen LogP contribution in [-0.4, -0.2) is 17.6 Å². The molecule has 1 unspecified atom stereocenters. The van der Waals surface area contributed by atoms with Crippen LogP contribution in [0.15, 0.2) is 24.5 Å². The minimum Gasteiger partial charge on any atom is -0.323 e. The lowest BCUT2D eigenvalue weighted by molar-refractivity contribution is 0.594. The predicted octanol–water partition coefficient (Wildman–Crippen LogP) is 0.833. The van der Waals surface area contributed by atoms with Gasteiger partial charge in [0.1, 0.15) is 0 Å². The lowest BCUT2D eigenvalue weighted by Crippen LogP contribution is -2.28. The molecule has 3 nitrogen and oxygen atoms in total. The van der Waals surface area contributed by atoms with Gasteiger partial charge < -0.3 is 11.1 Å². The van der Waals surface area contributed by atoms with Gasteiger partial charge in [-0.15, -0.1) is 0 Å². The van der Waals surface area contributed by atoms with Gasteiger partial charge in [0.2, 0.25) is 0 Å². The molecule has 0 spiro atoms. The highest BCUT2D eigenvalue weighted by molar-refractivity contribution is 5.13.